The summed E-state index contributed by atoms with van der Waals surface area (Å²) in [4.78, 5) is 4.73. The zero-order valence-electron chi connectivity index (χ0n) is 32.3. The molecular weight excluding hydrogens is 611 g/mol. The molecule has 1 unspecified atom stereocenters. The Labute approximate surface area is 300 Å². The van der Waals surface area contributed by atoms with Gasteiger partial charge in [-0.05, 0) is 97.5 Å². The molecule has 0 fully saturated rings. The van der Waals surface area contributed by atoms with Crippen molar-refractivity contribution in [3.63, 3.8) is 0 Å². The molecule has 0 amide bonds. The number of oxazole rings is 1. The number of nitrogens with zero attached hydrogens (tertiary/aromatic N) is 3. The summed E-state index contributed by atoms with van der Waals surface area (Å²) in [5, 5.41) is 7.54. The summed E-state index contributed by atoms with van der Waals surface area (Å²) in [5.74, 6) is 0.627. The maximum absolute atomic E-state index is 6.09. The van der Waals surface area contributed by atoms with Gasteiger partial charge in [-0.2, -0.15) is 5.10 Å². The Morgan fingerprint density at radius 1 is 0.620 bits per heavy atom. The summed E-state index contributed by atoms with van der Waals surface area (Å²) in [7, 11) is 0. The minimum Gasteiger partial charge on any atom is -0.436 e. The molecule has 1 aliphatic rings. The average Bonchev–Trinajstić information content (AvgIpc) is 3.67. The lowest BCUT2D eigenvalue weighted by Gasteiger charge is -2.30. The van der Waals surface area contributed by atoms with E-state index in [2.05, 4.69) is 161 Å². The summed E-state index contributed by atoms with van der Waals surface area (Å²) in [5.41, 5.74) is 12.8. The predicted octanol–water partition coefficient (Wildman–Crippen LogP) is 12.7. The highest BCUT2D eigenvalue weighted by Gasteiger charge is 2.31. The second-order valence-electron chi connectivity index (χ2n) is 18.2. The van der Waals surface area contributed by atoms with E-state index < -0.39 is 0 Å². The van der Waals surface area contributed by atoms with Crippen LogP contribution >= 0.6 is 0 Å². The van der Waals surface area contributed by atoms with E-state index in [-0.39, 0.29) is 27.7 Å². The third-order valence-corrected chi connectivity index (χ3v) is 9.83. The number of hydrogen-bond donors (Lipinski definition) is 0. The van der Waals surface area contributed by atoms with Crippen LogP contribution in [0.3, 0.4) is 0 Å². The number of allylic oxidation sites excluding steroid dienone is 1. The minimum atomic E-state index is 0.0209. The molecule has 5 aromatic rings. The lowest BCUT2D eigenvalue weighted by molar-refractivity contribution is 0.563. The Bertz CT molecular complexity index is 1970. The Morgan fingerprint density at radius 2 is 1.14 bits per heavy atom. The van der Waals surface area contributed by atoms with E-state index in [0.717, 1.165) is 34.5 Å². The molecule has 4 heteroatoms. The molecule has 260 valence electrons. The van der Waals surface area contributed by atoms with Gasteiger partial charge in [0.1, 0.15) is 5.52 Å². The highest BCUT2D eigenvalue weighted by atomic mass is 16.3. The largest absolute Gasteiger partial charge is 0.436 e. The van der Waals surface area contributed by atoms with Gasteiger partial charge in [-0.25, -0.2) is 4.98 Å². The monoisotopic (exact) mass is 665 g/mol. The van der Waals surface area contributed by atoms with E-state index in [1.54, 1.807) is 0 Å². The zero-order chi connectivity index (χ0) is 36.2. The van der Waals surface area contributed by atoms with Gasteiger partial charge in [-0.1, -0.05) is 138 Å². The van der Waals surface area contributed by atoms with E-state index in [1.165, 1.54) is 33.4 Å². The van der Waals surface area contributed by atoms with E-state index in [9.17, 15) is 0 Å². The quantitative estimate of drug-likeness (QED) is 0.188. The Hall–Kier alpha value is -4.44. The van der Waals surface area contributed by atoms with Gasteiger partial charge in [0.2, 0.25) is 5.89 Å². The number of hydrazone groups is 1. The molecule has 0 radical (unpaired) electrons. The predicted molar refractivity (Wildman–Crippen MR) is 213 cm³/mol. The standard InChI is InChI=1S/C46H55N3O/c1-43(2,3)33-23-30(24-34(27-33)44(4,5)6)17-20-37-29-40(32-25-35(45(7,8)9)28-36(26-32)46(10,11)12)49(48-37)38-21-18-31(19-22-38)42-47-39-15-13-14-16-41(39)50-42/h13-28,40H,29H2,1-12H3. The van der Waals surface area contributed by atoms with Crippen LogP contribution in [0, 0.1) is 0 Å². The lowest BCUT2D eigenvalue weighted by Crippen LogP contribution is -2.22. The van der Waals surface area contributed by atoms with Gasteiger partial charge in [-0.15, -0.1) is 0 Å². The summed E-state index contributed by atoms with van der Waals surface area (Å²) in [6, 6.07) is 30.7. The first-order valence-electron chi connectivity index (χ1n) is 18.1. The molecule has 1 atom stereocenters. The van der Waals surface area contributed by atoms with Crippen LogP contribution in [0.5, 0.6) is 0 Å². The number of fused-ring (bicyclic) bond motifs is 1. The van der Waals surface area contributed by atoms with Crippen LogP contribution in [-0.4, -0.2) is 10.7 Å². The maximum atomic E-state index is 6.09. The molecule has 2 heterocycles. The molecule has 0 N–H and O–H groups in total. The third kappa shape index (κ3) is 7.65. The normalized spacial score (nSPS) is 16.1. The molecular formula is C46H55N3O. The van der Waals surface area contributed by atoms with Crippen molar-refractivity contribution < 1.29 is 4.42 Å². The molecule has 4 aromatic carbocycles. The van der Waals surface area contributed by atoms with Gasteiger partial charge < -0.3 is 4.42 Å². The van der Waals surface area contributed by atoms with Crippen molar-refractivity contribution in [2.24, 2.45) is 5.10 Å². The van der Waals surface area contributed by atoms with Gasteiger partial charge in [0, 0.05) is 12.0 Å². The second kappa shape index (κ2) is 12.7. The number of aromatic nitrogens is 1. The first kappa shape index (κ1) is 35.4. The number of para-hydroxylation sites is 2. The van der Waals surface area contributed by atoms with E-state index in [0.29, 0.717) is 5.89 Å². The van der Waals surface area contributed by atoms with Crippen LogP contribution in [0.4, 0.5) is 5.69 Å². The molecule has 0 saturated carbocycles. The lowest BCUT2D eigenvalue weighted by atomic mass is 9.78. The third-order valence-electron chi connectivity index (χ3n) is 9.83. The van der Waals surface area contributed by atoms with Gasteiger partial charge in [0.25, 0.3) is 0 Å². The van der Waals surface area contributed by atoms with Gasteiger partial charge >= 0.3 is 0 Å². The van der Waals surface area contributed by atoms with Crippen molar-refractivity contribution >= 4 is 28.6 Å². The Kier molecular flexibility index (Phi) is 9.00. The van der Waals surface area contributed by atoms with E-state index in [1.807, 2.05) is 24.3 Å². The molecule has 0 aliphatic carbocycles. The fraction of sp³-hybridized carbons (Fsp3) is 0.391. The second-order valence-corrected chi connectivity index (χ2v) is 18.2. The van der Waals surface area contributed by atoms with Crippen LogP contribution in [0.2, 0.25) is 0 Å². The Balaban J connectivity index is 1.41. The zero-order valence-corrected chi connectivity index (χ0v) is 32.3. The van der Waals surface area contributed by atoms with E-state index in [4.69, 9.17) is 14.5 Å². The van der Waals surface area contributed by atoms with Crippen molar-refractivity contribution in [3.8, 4) is 11.5 Å². The fourth-order valence-electron chi connectivity index (χ4n) is 6.40. The number of rotatable bonds is 5. The SMILES string of the molecule is CC(C)(C)c1cc(C=CC2=NN(c3ccc(-c4nc5ccccc5o4)cc3)C(c3cc(C(C)(C)C)cc(C(C)(C)C)c3)C2)cc(C(C)(C)C)c1. The molecule has 6 rings (SSSR count). The molecule has 1 aliphatic heterocycles. The van der Waals surface area contributed by atoms with Crippen molar-refractivity contribution in [2.45, 2.75) is 117 Å². The van der Waals surface area contributed by atoms with Gasteiger partial charge in [-0.3, -0.25) is 5.01 Å². The van der Waals surface area contributed by atoms with Crippen LogP contribution in [0.25, 0.3) is 28.6 Å². The number of benzene rings is 4. The highest BCUT2D eigenvalue weighted by molar-refractivity contribution is 6.01. The van der Waals surface area contributed by atoms with Crippen LogP contribution in [-0.2, 0) is 21.7 Å². The first-order chi connectivity index (χ1) is 23.3. The van der Waals surface area contributed by atoms with Gasteiger partial charge in [0.05, 0.1) is 17.4 Å². The van der Waals surface area contributed by atoms with Crippen LogP contribution in [0.15, 0.2) is 101 Å². The van der Waals surface area contributed by atoms with Crippen LogP contribution < -0.4 is 5.01 Å². The molecule has 0 bridgehead atoms. The summed E-state index contributed by atoms with van der Waals surface area (Å²) >= 11 is 0. The topological polar surface area (TPSA) is 41.6 Å². The summed E-state index contributed by atoms with van der Waals surface area (Å²) in [6.45, 7) is 27.6. The summed E-state index contributed by atoms with van der Waals surface area (Å²) < 4.78 is 6.09. The van der Waals surface area contributed by atoms with Crippen LogP contribution in [0.1, 0.15) is 129 Å². The highest BCUT2D eigenvalue weighted by Crippen LogP contribution is 2.40. The number of anilines is 1. The van der Waals surface area contributed by atoms with Gasteiger partial charge in [0.15, 0.2) is 5.58 Å². The summed E-state index contributed by atoms with van der Waals surface area (Å²) in [6.07, 6.45) is 5.30. The van der Waals surface area contributed by atoms with Crippen molar-refractivity contribution in [1.82, 2.24) is 4.98 Å². The van der Waals surface area contributed by atoms with Crippen molar-refractivity contribution in [2.75, 3.05) is 5.01 Å². The Morgan fingerprint density at radius 3 is 1.66 bits per heavy atom. The molecule has 50 heavy (non-hydrogen) atoms. The van der Waals surface area contributed by atoms with E-state index >= 15 is 0 Å². The molecule has 4 nitrogen and oxygen atoms in total. The van der Waals surface area contributed by atoms with Crippen molar-refractivity contribution in [3.05, 3.63) is 124 Å². The average molecular weight is 666 g/mol. The first-order valence-corrected chi connectivity index (χ1v) is 18.1. The maximum Gasteiger partial charge on any atom is 0.227 e. The molecule has 0 spiro atoms. The van der Waals surface area contributed by atoms with Crippen molar-refractivity contribution in [1.29, 1.82) is 0 Å². The smallest absolute Gasteiger partial charge is 0.227 e. The fourth-order valence-corrected chi connectivity index (χ4v) is 6.40. The number of hydrogen-bond acceptors (Lipinski definition) is 4. The minimum absolute atomic E-state index is 0.0209. The molecule has 0 saturated heterocycles. The molecule has 1 aromatic heterocycles.